The number of sulfonamides is 1. The summed E-state index contributed by atoms with van der Waals surface area (Å²) in [5.74, 6) is 1.51. The minimum absolute atomic E-state index is 0.0809. The van der Waals surface area contributed by atoms with Gasteiger partial charge in [0.2, 0.25) is 10.0 Å². The first-order valence-electron chi connectivity index (χ1n) is 14.5. The van der Waals surface area contributed by atoms with Crippen LogP contribution in [0.4, 0.5) is 5.69 Å². The van der Waals surface area contributed by atoms with Crippen LogP contribution in [-0.4, -0.2) is 33.2 Å². The Morgan fingerprint density at radius 1 is 0.833 bits per heavy atom. The van der Waals surface area contributed by atoms with Crippen molar-refractivity contribution < 1.29 is 8.42 Å². The molecule has 0 bridgehead atoms. The van der Waals surface area contributed by atoms with E-state index in [1.54, 1.807) is 4.90 Å². The van der Waals surface area contributed by atoms with Crippen molar-refractivity contribution in [3.63, 3.8) is 0 Å². The summed E-state index contributed by atoms with van der Waals surface area (Å²) in [4.78, 5) is 2.18. The van der Waals surface area contributed by atoms with E-state index in [9.17, 15) is 8.42 Å². The Bertz CT molecular complexity index is 1480. The highest BCUT2D eigenvalue weighted by molar-refractivity contribution is 7.89. The molecule has 0 aliphatic carbocycles. The fourth-order valence-corrected chi connectivity index (χ4v) is 6.39. The summed E-state index contributed by atoms with van der Waals surface area (Å²) in [6, 6.07) is 19.6. The van der Waals surface area contributed by atoms with Crippen LogP contribution in [0, 0.1) is 5.41 Å². The number of anilines is 1. The largest absolute Gasteiger partial charge is 0.368 e. The van der Waals surface area contributed by atoms with E-state index >= 15 is 0 Å². The fraction of sp³-hybridized carbons (Fsp3) is 0.382. The maximum atomic E-state index is 13.7. The maximum absolute atomic E-state index is 13.7. The second-order valence-corrected chi connectivity index (χ2v) is 13.6. The number of hydrogen-bond donors (Lipinski definition) is 4. The van der Waals surface area contributed by atoms with Gasteiger partial charge in [-0.1, -0.05) is 96.7 Å². The van der Waals surface area contributed by atoms with Gasteiger partial charge in [-0.3, -0.25) is 5.41 Å². The van der Waals surface area contributed by atoms with Crippen molar-refractivity contribution in [1.29, 1.82) is 5.41 Å². The highest BCUT2D eigenvalue weighted by Gasteiger charge is 2.26. The Kier molecular flexibility index (Phi) is 11.0. The molecule has 3 rings (SSSR count). The minimum Gasteiger partial charge on any atom is -0.368 e. The van der Waals surface area contributed by atoms with Crippen molar-refractivity contribution in [1.82, 2.24) is 14.9 Å². The van der Waals surface area contributed by atoms with E-state index in [2.05, 4.69) is 47.9 Å². The molecule has 3 aromatic rings. The van der Waals surface area contributed by atoms with E-state index in [0.29, 0.717) is 29.0 Å². The van der Waals surface area contributed by atoms with Crippen molar-refractivity contribution in [2.45, 2.75) is 77.3 Å². The number of amidine groups is 1. The van der Waals surface area contributed by atoms with Crippen molar-refractivity contribution in [2.24, 2.45) is 0 Å². The normalized spacial score (nSPS) is 11.7. The van der Waals surface area contributed by atoms with Crippen molar-refractivity contribution in [3.8, 4) is 0 Å². The summed E-state index contributed by atoms with van der Waals surface area (Å²) >= 11 is 0. The molecule has 0 saturated heterocycles. The lowest BCUT2D eigenvalue weighted by Crippen LogP contribution is -2.26. The number of nitrogens with zero attached hydrogens (tertiary/aromatic N) is 1. The minimum atomic E-state index is -3.73. The first-order valence-corrected chi connectivity index (χ1v) is 16.0. The molecule has 0 fully saturated rings. The Hall–Kier alpha value is -3.62. The zero-order chi connectivity index (χ0) is 31.2. The molecule has 0 saturated carbocycles. The summed E-state index contributed by atoms with van der Waals surface area (Å²) in [6.45, 7) is 17.3. The van der Waals surface area contributed by atoms with Gasteiger partial charge < -0.3 is 15.5 Å². The summed E-state index contributed by atoms with van der Waals surface area (Å²) < 4.78 is 30.2. The van der Waals surface area contributed by atoms with Gasteiger partial charge in [-0.05, 0) is 57.7 Å². The van der Waals surface area contributed by atoms with Gasteiger partial charge in [-0.15, -0.1) is 0 Å². The average Bonchev–Trinajstić information content (AvgIpc) is 2.94. The number of para-hydroxylation sites is 1. The molecule has 0 heterocycles. The van der Waals surface area contributed by atoms with Crippen LogP contribution in [0.5, 0.6) is 0 Å². The number of rotatable bonds is 13. The second-order valence-electron chi connectivity index (χ2n) is 11.9. The van der Waals surface area contributed by atoms with Crippen LogP contribution in [0.15, 0.2) is 78.0 Å². The smallest absolute Gasteiger partial charge is 0.241 e. The van der Waals surface area contributed by atoms with Crippen molar-refractivity contribution in [2.75, 3.05) is 19.4 Å². The van der Waals surface area contributed by atoms with Gasteiger partial charge >= 0.3 is 0 Å². The molecular formula is C34H47N5O2S. The predicted octanol–water partition coefficient (Wildman–Crippen LogP) is 7.10. The third kappa shape index (κ3) is 8.23. The van der Waals surface area contributed by atoms with Crippen LogP contribution in [0.25, 0.3) is 0 Å². The van der Waals surface area contributed by atoms with Crippen LogP contribution >= 0.6 is 0 Å². The summed E-state index contributed by atoms with van der Waals surface area (Å²) in [5, 5.41) is 14.9. The van der Waals surface area contributed by atoms with Gasteiger partial charge in [-0.2, -0.15) is 0 Å². The molecule has 8 heteroatoms. The van der Waals surface area contributed by atoms with E-state index in [4.69, 9.17) is 5.41 Å². The van der Waals surface area contributed by atoms with E-state index in [0.717, 1.165) is 33.5 Å². The van der Waals surface area contributed by atoms with Gasteiger partial charge in [0.1, 0.15) is 5.84 Å². The summed E-state index contributed by atoms with van der Waals surface area (Å²) in [5.41, 5.74) is 6.41. The van der Waals surface area contributed by atoms with E-state index in [1.165, 1.54) is 5.56 Å². The maximum Gasteiger partial charge on any atom is 0.241 e. The third-order valence-corrected chi connectivity index (χ3v) is 8.79. The Labute approximate surface area is 253 Å². The lowest BCUT2D eigenvalue weighted by Gasteiger charge is -2.23. The topological polar surface area (TPSA) is 97.3 Å². The Balaban J connectivity index is 1.67. The molecule has 0 unspecified atom stereocenters. The highest BCUT2D eigenvalue weighted by atomic mass is 32.2. The molecule has 226 valence electrons. The van der Waals surface area contributed by atoms with Crippen LogP contribution < -0.4 is 15.4 Å². The first kappa shape index (κ1) is 32.9. The van der Waals surface area contributed by atoms with Gasteiger partial charge in [0.15, 0.2) is 0 Å². The second kappa shape index (κ2) is 14.0. The van der Waals surface area contributed by atoms with Gasteiger partial charge in [-0.25, -0.2) is 13.1 Å². The van der Waals surface area contributed by atoms with Gasteiger partial charge in [0.05, 0.1) is 16.4 Å². The molecule has 0 radical (unpaired) electrons. The van der Waals surface area contributed by atoms with Crippen LogP contribution in [0.3, 0.4) is 0 Å². The summed E-state index contributed by atoms with van der Waals surface area (Å²) in [6.07, 6.45) is 0. The zero-order valence-corrected chi connectivity index (χ0v) is 27.1. The third-order valence-electron chi connectivity index (χ3n) is 7.26. The fourth-order valence-electron chi connectivity index (χ4n) is 4.68. The molecule has 0 amide bonds. The Morgan fingerprint density at radius 2 is 1.36 bits per heavy atom. The average molecular weight is 590 g/mol. The van der Waals surface area contributed by atoms with Crippen LogP contribution in [0.2, 0.25) is 0 Å². The zero-order valence-electron chi connectivity index (χ0n) is 26.3. The molecule has 0 atom stereocenters. The lowest BCUT2D eigenvalue weighted by atomic mass is 9.89. The number of nitrogens with one attached hydrogen (secondary N) is 4. The molecule has 4 N–H and O–H groups in total. The molecule has 0 spiro atoms. The van der Waals surface area contributed by atoms with Crippen molar-refractivity contribution in [3.05, 3.63) is 106 Å². The molecule has 42 heavy (non-hydrogen) atoms. The van der Waals surface area contributed by atoms with Crippen molar-refractivity contribution >= 4 is 21.5 Å². The first-order chi connectivity index (χ1) is 19.7. The molecule has 0 aliphatic rings. The number of benzene rings is 3. The van der Waals surface area contributed by atoms with Gasteiger partial charge in [0.25, 0.3) is 0 Å². The van der Waals surface area contributed by atoms with Crippen LogP contribution in [-0.2, 0) is 23.1 Å². The van der Waals surface area contributed by atoms with E-state index in [1.807, 2.05) is 90.3 Å². The Morgan fingerprint density at radius 3 is 1.86 bits per heavy atom. The van der Waals surface area contributed by atoms with Gasteiger partial charge in [0, 0.05) is 32.7 Å². The van der Waals surface area contributed by atoms with Crippen LogP contribution in [0.1, 0.15) is 92.7 Å². The molecule has 0 aliphatic heterocycles. The number of hydrogen-bond acceptors (Lipinski definition) is 5. The predicted molar refractivity (Wildman–Crippen MR) is 176 cm³/mol. The quantitative estimate of drug-likeness (QED) is 0.126. The monoisotopic (exact) mass is 589 g/mol. The lowest BCUT2D eigenvalue weighted by molar-refractivity contribution is 0.575. The molecule has 3 aromatic carbocycles. The van der Waals surface area contributed by atoms with E-state index in [-0.39, 0.29) is 18.4 Å². The standard InChI is InChI=1S/C34H47N5O2S/c1-22(2)28-18-30(23(3)4)33(31(19-28)24(5)6)42(40,41)37-21-27-16-14-26(15-17-27)20-36-25(7)38-32-13-11-10-12-29(32)34(35)39(8)9/h10-19,22-24,35-38H,7,20-21H2,1-6,8-9H3. The highest BCUT2D eigenvalue weighted by Crippen LogP contribution is 2.35. The molecule has 0 aromatic heterocycles. The molecule has 7 nitrogen and oxygen atoms in total. The van der Waals surface area contributed by atoms with E-state index < -0.39 is 10.0 Å². The SMILES string of the molecule is C=C(NCc1ccc(CNS(=O)(=O)c2c(C(C)C)cc(C(C)C)cc2C(C)C)cc1)Nc1ccccc1C(=N)N(C)C. The summed E-state index contributed by atoms with van der Waals surface area (Å²) in [7, 11) is -0.0414. The molecular weight excluding hydrogens is 542 g/mol.